The van der Waals surface area contributed by atoms with Crippen molar-refractivity contribution in [1.29, 1.82) is 0 Å². The summed E-state index contributed by atoms with van der Waals surface area (Å²) in [6.45, 7) is 1.29. The number of benzene rings is 1. The molecule has 0 radical (unpaired) electrons. The molecule has 2 N–H and O–H groups in total. The number of hydrogen-bond acceptors (Lipinski definition) is 3. The van der Waals surface area contributed by atoms with Crippen molar-refractivity contribution < 1.29 is 9.90 Å². The second-order valence-electron chi connectivity index (χ2n) is 4.40. The van der Waals surface area contributed by atoms with E-state index in [9.17, 15) is 4.79 Å². The van der Waals surface area contributed by atoms with Gasteiger partial charge in [-0.1, -0.05) is 24.3 Å². The van der Waals surface area contributed by atoms with E-state index in [1.165, 1.54) is 0 Å². The quantitative estimate of drug-likeness (QED) is 0.821. The highest BCUT2D eigenvalue weighted by molar-refractivity contribution is 5.70. The van der Waals surface area contributed by atoms with Gasteiger partial charge < -0.3 is 15.0 Å². The lowest BCUT2D eigenvalue weighted by Crippen LogP contribution is -2.17. The molecule has 19 heavy (non-hydrogen) atoms. The van der Waals surface area contributed by atoms with Crippen molar-refractivity contribution in [3.8, 4) is 0 Å². The number of carboxylic acid groups (broad SMARTS) is 1. The number of nitrogens with zero attached hydrogens (tertiary/aromatic N) is 2. The van der Waals surface area contributed by atoms with E-state index in [-0.39, 0.29) is 6.42 Å². The summed E-state index contributed by atoms with van der Waals surface area (Å²) in [5.41, 5.74) is 1.86. The fourth-order valence-corrected chi connectivity index (χ4v) is 1.94. The molecule has 0 aliphatic heterocycles. The lowest BCUT2D eigenvalue weighted by Gasteiger charge is -2.09. The zero-order valence-corrected chi connectivity index (χ0v) is 10.8. The Balaban J connectivity index is 1.96. The van der Waals surface area contributed by atoms with Crippen LogP contribution < -0.4 is 5.32 Å². The molecule has 0 atom stereocenters. The second kappa shape index (κ2) is 6.15. The number of hydrogen-bond donors (Lipinski definition) is 2. The predicted octanol–water partition coefficient (Wildman–Crippen LogP) is 1.34. The van der Waals surface area contributed by atoms with E-state index in [1.807, 2.05) is 42.1 Å². The third-order valence-corrected chi connectivity index (χ3v) is 2.98. The lowest BCUT2D eigenvalue weighted by molar-refractivity contribution is -0.136. The van der Waals surface area contributed by atoms with Crippen molar-refractivity contribution >= 4 is 5.97 Å². The van der Waals surface area contributed by atoms with Gasteiger partial charge >= 0.3 is 5.97 Å². The summed E-state index contributed by atoms with van der Waals surface area (Å²) in [5, 5.41) is 12.2. The van der Waals surface area contributed by atoms with E-state index in [2.05, 4.69) is 10.3 Å². The van der Waals surface area contributed by atoms with Crippen LogP contribution in [0, 0.1) is 0 Å². The van der Waals surface area contributed by atoms with E-state index in [4.69, 9.17) is 5.11 Å². The first-order valence-corrected chi connectivity index (χ1v) is 6.12. The van der Waals surface area contributed by atoms with E-state index >= 15 is 0 Å². The van der Waals surface area contributed by atoms with Crippen molar-refractivity contribution in [1.82, 2.24) is 14.9 Å². The van der Waals surface area contributed by atoms with Gasteiger partial charge in [0.1, 0.15) is 5.82 Å². The minimum atomic E-state index is -0.809. The standard InChI is InChI=1S/C14H17N3O2/c1-17-7-6-16-13(17)10-15-9-12-5-3-2-4-11(12)8-14(18)19/h2-7,15H,8-10H2,1H3,(H,18,19). The Bertz CT molecular complexity index is 563. The number of aliphatic carboxylic acids is 1. The number of aromatic nitrogens is 2. The first-order valence-electron chi connectivity index (χ1n) is 6.12. The number of rotatable bonds is 6. The van der Waals surface area contributed by atoms with Crippen molar-refractivity contribution in [2.24, 2.45) is 7.05 Å². The monoisotopic (exact) mass is 259 g/mol. The second-order valence-corrected chi connectivity index (χ2v) is 4.40. The summed E-state index contributed by atoms with van der Waals surface area (Å²) in [6, 6.07) is 7.58. The van der Waals surface area contributed by atoms with Crippen molar-refractivity contribution in [3.05, 3.63) is 53.6 Å². The number of carbonyl (C=O) groups is 1. The molecule has 2 rings (SSSR count). The maximum atomic E-state index is 10.8. The molecule has 100 valence electrons. The normalized spacial score (nSPS) is 10.6. The Morgan fingerprint density at radius 1 is 1.32 bits per heavy atom. The molecule has 2 aromatic rings. The molecule has 0 amide bonds. The summed E-state index contributed by atoms with van der Waals surface area (Å²) in [4.78, 5) is 15.0. The maximum Gasteiger partial charge on any atom is 0.307 e. The van der Waals surface area contributed by atoms with Crippen LogP contribution in [-0.4, -0.2) is 20.6 Å². The van der Waals surface area contributed by atoms with Gasteiger partial charge in [-0.25, -0.2) is 4.98 Å². The van der Waals surface area contributed by atoms with Gasteiger partial charge in [-0.2, -0.15) is 0 Å². The van der Waals surface area contributed by atoms with Gasteiger partial charge in [0.15, 0.2) is 0 Å². The van der Waals surface area contributed by atoms with Crippen LogP contribution in [0.15, 0.2) is 36.7 Å². The van der Waals surface area contributed by atoms with Crippen LogP contribution in [0.4, 0.5) is 0 Å². The van der Waals surface area contributed by atoms with Gasteiger partial charge in [0.25, 0.3) is 0 Å². The largest absolute Gasteiger partial charge is 0.481 e. The topological polar surface area (TPSA) is 67.2 Å². The van der Waals surface area contributed by atoms with Crippen LogP contribution in [0.5, 0.6) is 0 Å². The molecule has 0 saturated heterocycles. The third-order valence-electron chi connectivity index (χ3n) is 2.98. The molecule has 0 spiro atoms. The van der Waals surface area contributed by atoms with Crippen LogP contribution in [0.1, 0.15) is 17.0 Å². The average molecular weight is 259 g/mol. The first kappa shape index (κ1) is 13.3. The molecule has 1 aromatic carbocycles. The van der Waals surface area contributed by atoms with Crippen molar-refractivity contribution in [2.45, 2.75) is 19.5 Å². The molecule has 1 heterocycles. The number of carboxylic acids is 1. The molecule has 0 unspecified atom stereocenters. The van der Waals surface area contributed by atoms with E-state index in [1.54, 1.807) is 6.20 Å². The minimum Gasteiger partial charge on any atom is -0.481 e. The highest BCUT2D eigenvalue weighted by atomic mass is 16.4. The predicted molar refractivity (Wildman–Crippen MR) is 71.5 cm³/mol. The van der Waals surface area contributed by atoms with Gasteiger partial charge in [0.2, 0.25) is 0 Å². The summed E-state index contributed by atoms with van der Waals surface area (Å²) < 4.78 is 1.95. The molecular weight excluding hydrogens is 242 g/mol. The molecule has 5 nitrogen and oxygen atoms in total. The van der Waals surface area contributed by atoms with E-state index in [0.717, 1.165) is 17.0 Å². The molecule has 0 fully saturated rings. The van der Waals surface area contributed by atoms with Crippen LogP contribution in [0.25, 0.3) is 0 Å². The third kappa shape index (κ3) is 3.66. The Hall–Kier alpha value is -2.14. The lowest BCUT2D eigenvalue weighted by atomic mass is 10.0. The summed E-state index contributed by atoms with van der Waals surface area (Å²) >= 11 is 0. The summed E-state index contributed by atoms with van der Waals surface area (Å²) in [7, 11) is 1.95. The van der Waals surface area contributed by atoms with Gasteiger partial charge in [-0.05, 0) is 11.1 Å². The Morgan fingerprint density at radius 3 is 2.68 bits per heavy atom. The number of imidazole rings is 1. The molecule has 0 bridgehead atoms. The number of aryl methyl sites for hydroxylation is 1. The highest BCUT2D eigenvalue weighted by Gasteiger charge is 2.06. The van der Waals surface area contributed by atoms with Gasteiger partial charge in [-0.3, -0.25) is 4.79 Å². The Labute approximate surface area is 111 Å². The fraction of sp³-hybridized carbons (Fsp3) is 0.286. The van der Waals surface area contributed by atoms with Crippen molar-refractivity contribution in [3.63, 3.8) is 0 Å². The van der Waals surface area contributed by atoms with Gasteiger partial charge in [0, 0.05) is 26.0 Å². The van der Waals surface area contributed by atoms with Crippen LogP contribution >= 0.6 is 0 Å². The van der Waals surface area contributed by atoms with Gasteiger partial charge in [0.05, 0.1) is 13.0 Å². The molecule has 1 aromatic heterocycles. The molecule has 0 aliphatic rings. The zero-order chi connectivity index (χ0) is 13.7. The van der Waals surface area contributed by atoms with Crippen LogP contribution in [0.3, 0.4) is 0 Å². The SMILES string of the molecule is Cn1ccnc1CNCc1ccccc1CC(=O)O. The zero-order valence-electron chi connectivity index (χ0n) is 10.8. The average Bonchev–Trinajstić information content (AvgIpc) is 2.77. The Kier molecular flexibility index (Phi) is 4.30. The van der Waals surface area contributed by atoms with Gasteiger partial charge in [-0.15, -0.1) is 0 Å². The van der Waals surface area contributed by atoms with Crippen LogP contribution in [0.2, 0.25) is 0 Å². The van der Waals surface area contributed by atoms with E-state index in [0.29, 0.717) is 13.1 Å². The Morgan fingerprint density at radius 2 is 2.05 bits per heavy atom. The fourth-order valence-electron chi connectivity index (χ4n) is 1.94. The first-order chi connectivity index (χ1) is 9.16. The summed E-state index contributed by atoms with van der Waals surface area (Å²) in [5.74, 6) is 0.146. The van der Waals surface area contributed by atoms with Crippen LogP contribution in [-0.2, 0) is 31.4 Å². The highest BCUT2D eigenvalue weighted by Crippen LogP contribution is 2.09. The number of nitrogens with one attached hydrogen (secondary N) is 1. The molecule has 0 saturated carbocycles. The summed E-state index contributed by atoms with van der Waals surface area (Å²) in [6.07, 6.45) is 3.71. The van der Waals surface area contributed by atoms with Crippen molar-refractivity contribution in [2.75, 3.05) is 0 Å². The molecular formula is C14H17N3O2. The molecule has 0 aliphatic carbocycles. The smallest absolute Gasteiger partial charge is 0.307 e. The minimum absolute atomic E-state index is 0.0558. The van der Waals surface area contributed by atoms with E-state index < -0.39 is 5.97 Å². The molecule has 5 heteroatoms. The maximum absolute atomic E-state index is 10.8.